The molecule has 1 aromatic carbocycles. The van der Waals surface area contributed by atoms with Crippen LogP contribution in [0.3, 0.4) is 0 Å². The predicted molar refractivity (Wildman–Crippen MR) is 65.5 cm³/mol. The molecule has 4 heteroatoms. The number of hydrogen-bond acceptors (Lipinski definition) is 4. The Hall–Kier alpha value is -1.39. The number of methoxy groups -OCH3 is 1. The molecule has 1 aromatic rings. The Morgan fingerprint density at radius 2 is 2.00 bits per heavy atom. The highest BCUT2D eigenvalue weighted by atomic mass is 16.5. The third kappa shape index (κ3) is 4.54. The van der Waals surface area contributed by atoms with Gasteiger partial charge in [-0.3, -0.25) is 5.32 Å². The zero-order valence-electron chi connectivity index (χ0n) is 10.4. The smallest absolute Gasteiger partial charge is 0.327 e. The van der Waals surface area contributed by atoms with Gasteiger partial charge in [0.2, 0.25) is 0 Å². The van der Waals surface area contributed by atoms with Crippen molar-refractivity contribution in [2.24, 2.45) is 0 Å². The Kier molecular flexibility index (Phi) is 4.66. The van der Waals surface area contributed by atoms with Crippen LogP contribution in [0.15, 0.2) is 30.3 Å². The van der Waals surface area contributed by atoms with E-state index in [0.717, 1.165) is 5.56 Å². The first kappa shape index (κ1) is 13.7. The predicted octanol–water partition coefficient (Wildman–Crippen LogP) is 1.26. The molecule has 0 aliphatic heterocycles. The molecule has 1 rings (SSSR count). The number of hydrogen-bond donors (Lipinski definition) is 2. The number of nitrogens with one attached hydrogen (secondary N) is 1. The Morgan fingerprint density at radius 3 is 2.47 bits per heavy atom. The summed E-state index contributed by atoms with van der Waals surface area (Å²) in [5.41, 5.74) is -0.0512. The van der Waals surface area contributed by atoms with Crippen LogP contribution in [0.1, 0.15) is 25.5 Å². The number of ether oxygens (including phenoxy) is 1. The van der Waals surface area contributed by atoms with E-state index in [0.29, 0.717) is 6.54 Å². The molecule has 0 bridgehead atoms. The van der Waals surface area contributed by atoms with E-state index in [1.807, 2.05) is 30.3 Å². The monoisotopic (exact) mass is 237 g/mol. The summed E-state index contributed by atoms with van der Waals surface area (Å²) in [7, 11) is 1.35. The second-order valence-corrected chi connectivity index (χ2v) is 4.56. The maximum absolute atomic E-state index is 11.7. The minimum absolute atomic E-state index is 0.307. The highest BCUT2D eigenvalue weighted by Gasteiger charge is 2.23. The van der Waals surface area contributed by atoms with Crippen LogP contribution in [0.4, 0.5) is 0 Å². The molecule has 1 atom stereocenters. The van der Waals surface area contributed by atoms with E-state index in [1.54, 1.807) is 13.8 Å². The maximum Gasteiger partial charge on any atom is 0.327 e. The quantitative estimate of drug-likeness (QED) is 0.757. The van der Waals surface area contributed by atoms with Crippen molar-refractivity contribution in [1.82, 2.24) is 5.32 Å². The van der Waals surface area contributed by atoms with Gasteiger partial charge in [-0.05, 0) is 19.4 Å². The molecule has 0 amide bonds. The van der Waals surface area contributed by atoms with E-state index < -0.39 is 11.6 Å². The second-order valence-electron chi connectivity index (χ2n) is 4.56. The third-order valence-electron chi connectivity index (χ3n) is 2.31. The van der Waals surface area contributed by atoms with Crippen LogP contribution < -0.4 is 5.32 Å². The van der Waals surface area contributed by atoms with Crippen molar-refractivity contribution in [3.63, 3.8) is 0 Å². The number of carbonyl (C=O) groups excluding carboxylic acids is 1. The topological polar surface area (TPSA) is 58.6 Å². The second kappa shape index (κ2) is 5.80. The Morgan fingerprint density at radius 1 is 1.41 bits per heavy atom. The first-order chi connectivity index (χ1) is 7.94. The molecule has 0 aromatic heterocycles. The molecule has 0 saturated heterocycles. The molecular formula is C13H19NO3. The van der Waals surface area contributed by atoms with E-state index >= 15 is 0 Å². The van der Waals surface area contributed by atoms with Crippen molar-refractivity contribution in [1.29, 1.82) is 0 Å². The summed E-state index contributed by atoms with van der Waals surface area (Å²) in [5.74, 6) is -0.361. The molecule has 0 radical (unpaired) electrons. The fourth-order valence-electron chi connectivity index (χ4n) is 1.45. The first-order valence-electron chi connectivity index (χ1n) is 5.52. The molecule has 0 aliphatic carbocycles. The Bertz CT molecular complexity index is 357. The van der Waals surface area contributed by atoms with Gasteiger partial charge < -0.3 is 9.84 Å². The van der Waals surface area contributed by atoms with Gasteiger partial charge in [0.05, 0.1) is 12.7 Å². The van der Waals surface area contributed by atoms with Crippen LogP contribution >= 0.6 is 0 Å². The van der Waals surface area contributed by atoms with Crippen molar-refractivity contribution in [3.05, 3.63) is 35.9 Å². The largest absolute Gasteiger partial charge is 0.468 e. The van der Waals surface area contributed by atoms with Crippen molar-refractivity contribution >= 4 is 5.97 Å². The molecule has 0 spiro atoms. The molecule has 1 unspecified atom stereocenters. The molecular weight excluding hydrogens is 218 g/mol. The highest BCUT2D eigenvalue weighted by Crippen LogP contribution is 2.15. The van der Waals surface area contributed by atoms with Gasteiger partial charge >= 0.3 is 5.97 Å². The summed E-state index contributed by atoms with van der Waals surface area (Å²) in [5, 5.41) is 12.7. The average Bonchev–Trinajstić information content (AvgIpc) is 2.29. The zero-order valence-corrected chi connectivity index (χ0v) is 10.4. The molecule has 0 saturated carbocycles. The van der Waals surface area contributed by atoms with Gasteiger partial charge in [-0.2, -0.15) is 0 Å². The summed E-state index contributed by atoms with van der Waals surface area (Å²) >= 11 is 0. The standard InChI is InChI=1S/C13H19NO3/c1-13(2,16)9-14-11(12(15)17-3)10-7-5-4-6-8-10/h4-8,11,14,16H,9H2,1-3H3. The van der Waals surface area contributed by atoms with E-state index in [4.69, 9.17) is 4.74 Å². The third-order valence-corrected chi connectivity index (χ3v) is 2.31. The highest BCUT2D eigenvalue weighted by molar-refractivity contribution is 5.77. The molecule has 94 valence electrons. The molecule has 4 nitrogen and oxygen atoms in total. The average molecular weight is 237 g/mol. The van der Waals surface area contributed by atoms with Crippen LogP contribution in [0.2, 0.25) is 0 Å². The fourth-order valence-corrected chi connectivity index (χ4v) is 1.45. The van der Waals surface area contributed by atoms with Crippen LogP contribution in [-0.2, 0) is 9.53 Å². The van der Waals surface area contributed by atoms with Crippen LogP contribution in [-0.4, -0.2) is 30.3 Å². The van der Waals surface area contributed by atoms with Crippen LogP contribution in [0.25, 0.3) is 0 Å². The van der Waals surface area contributed by atoms with Crippen molar-refractivity contribution in [3.8, 4) is 0 Å². The fraction of sp³-hybridized carbons (Fsp3) is 0.462. The molecule has 0 fully saturated rings. The lowest BCUT2D eigenvalue weighted by Gasteiger charge is -2.22. The SMILES string of the molecule is COC(=O)C(NCC(C)(C)O)c1ccccc1. The minimum Gasteiger partial charge on any atom is -0.468 e. The summed E-state index contributed by atoms with van der Waals surface area (Å²) in [4.78, 5) is 11.7. The number of esters is 1. The zero-order chi connectivity index (χ0) is 12.9. The molecule has 2 N–H and O–H groups in total. The first-order valence-corrected chi connectivity index (χ1v) is 5.52. The van der Waals surface area contributed by atoms with Gasteiger partial charge in [0.1, 0.15) is 6.04 Å². The number of carbonyl (C=O) groups is 1. The Balaban J connectivity index is 2.79. The lowest BCUT2D eigenvalue weighted by Crippen LogP contribution is -2.40. The van der Waals surface area contributed by atoms with Gasteiger partial charge in [-0.1, -0.05) is 30.3 Å². The van der Waals surface area contributed by atoms with Crippen molar-refractivity contribution in [2.45, 2.75) is 25.5 Å². The molecule has 17 heavy (non-hydrogen) atoms. The van der Waals surface area contributed by atoms with E-state index in [-0.39, 0.29) is 5.97 Å². The molecule has 0 heterocycles. The van der Waals surface area contributed by atoms with E-state index in [9.17, 15) is 9.90 Å². The summed E-state index contributed by atoms with van der Waals surface area (Å²) in [6.45, 7) is 3.67. The van der Waals surface area contributed by atoms with E-state index in [1.165, 1.54) is 7.11 Å². The van der Waals surface area contributed by atoms with Gasteiger partial charge in [0.15, 0.2) is 0 Å². The lowest BCUT2D eigenvalue weighted by molar-refractivity contribution is -0.143. The van der Waals surface area contributed by atoms with Gasteiger partial charge in [-0.15, -0.1) is 0 Å². The normalized spacial score (nSPS) is 13.2. The van der Waals surface area contributed by atoms with Crippen molar-refractivity contribution in [2.75, 3.05) is 13.7 Å². The lowest BCUT2D eigenvalue weighted by atomic mass is 10.1. The molecule has 0 aliphatic rings. The van der Waals surface area contributed by atoms with Crippen molar-refractivity contribution < 1.29 is 14.6 Å². The summed E-state index contributed by atoms with van der Waals surface area (Å²) in [6, 6.07) is 8.74. The van der Waals surface area contributed by atoms with Gasteiger partial charge in [0.25, 0.3) is 0 Å². The Labute approximate surface area is 102 Å². The van der Waals surface area contributed by atoms with Gasteiger partial charge in [0, 0.05) is 6.54 Å². The van der Waals surface area contributed by atoms with E-state index in [2.05, 4.69) is 5.32 Å². The number of rotatable bonds is 5. The number of aliphatic hydroxyl groups is 1. The number of benzene rings is 1. The summed E-state index contributed by atoms with van der Waals surface area (Å²) < 4.78 is 4.75. The van der Waals surface area contributed by atoms with Crippen LogP contribution in [0, 0.1) is 0 Å². The maximum atomic E-state index is 11.7. The van der Waals surface area contributed by atoms with Crippen LogP contribution in [0.5, 0.6) is 0 Å². The summed E-state index contributed by atoms with van der Waals surface area (Å²) in [6.07, 6.45) is 0. The van der Waals surface area contributed by atoms with Gasteiger partial charge in [-0.25, -0.2) is 4.79 Å². The minimum atomic E-state index is -0.874.